The molecule has 2 atom stereocenters. The highest BCUT2D eigenvalue weighted by Crippen LogP contribution is 2.28. The minimum atomic E-state index is -0.439. The zero-order valence-electron chi connectivity index (χ0n) is 10.0. The summed E-state index contributed by atoms with van der Waals surface area (Å²) in [4.78, 5) is 22.4. The van der Waals surface area contributed by atoms with Gasteiger partial charge in [-0.3, -0.25) is 9.78 Å². The molecule has 1 amide bonds. The number of amides is 1. The summed E-state index contributed by atoms with van der Waals surface area (Å²) >= 11 is 0. The fourth-order valence-electron chi connectivity index (χ4n) is 2.45. The lowest BCUT2D eigenvalue weighted by molar-refractivity contribution is -0.133. The van der Waals surface area contributed by atoms with Crippen molar-refractivity contribution in [1.82, 2.24) is 9.88 Å². The Morgan fingerprint density at radius 3 is 2.63 bits per heavy atom. The Bertz CT molecular complexity index is 455. The summed E-state index contributed by atoms with van der Waals surface area (Å²) in [6.07, 6.45) is 6.67. The number of rotatable bonds is 2. The van der Waals surface area contributed by atoms with E-state index in [0.717, 1.165) is 31.5 Å². The molecule has 5 heteroatoms. The van der Waals surface area contributed by atoms with Crippen molar-refractivity contribution in [3.63, 3.8) is 0 Å². The largest absolute Gasteiger partial charge is 0.473 e. The van der Waals surface area contributed by atoms with E-state index in [4.69, 9.17) is 4.74 Å². The van der Waals surface area contributed by atoms with Crippen LogP contribution in [-0.2, 0) is 9.53 Å². The molecular weight excluding hydrogens is 242 g/mol. The smallest absolute Gasteiger partial charge is 0.251 e. The fourth-order valence-corrected chi connectivity index (χ4v) is 2.45. The number of hydrogen-bond donors (Lipinski definition) is 0. The van der Waals surface area contributed by atoms with Crippen molar-refractivity contribution in [2.45, 2.75) is 32.4 Å². The first-order valence-electron chi connectivity index (χ1n) is 6.22. The number of pyridine rings is 1. The number of aromatic nitrogens is 1. The Labute approximate surface area is 113 Å². The Balaban J connectivity index is 0.00000133. The summed E-state index contributed by atoms with van der Waals surface area (Å²) < 4.78 is 5.47. The molecule has 2 aliphatic heterocycles. The molecule has 1 aromatic heterocycles. The maximum absolute atomic E-state index is 12.3. The lowest BCUT2D eigenvalue weighted by Crippen LogP contribution is -2.38. The fraction of sp³-hybridized carbons (Fsp3) is 0.500. The molecule has 0 aromatic carbocycles. The third-order valence-electron chi connectivity index (χ3n) is 3.42. The van der Waals surface area contributed by atoms with Gasteiger partial charge in [-0.25, -0.2) is 4.99 Å². The van der Waals surface area contributed by atoms with E-state index in [9.17, 15) is 4.79 Å². The van der Waals surface area contributed by atoms with Crippen LogP contribution in [0.15, 0.2) is 29.5 Å². The Hall–Kier alpha value is -1.91. The summed E-state index contributed by atoms with van der Waals surface area (Å²) in [5.41, 5.74) is 0.944. The lowest BCUT2D eigenvalue weighted by atomic mass is 10.0. The van der Waals surface area contributed by atoms with Crippen LogP contribution in [-0.4, -0.2) is 41.3 Å². The normalized spacial score (nSPS) is 24.9. The molecule has 0 bridgehead atoms. The first kappa shape index (κ1) is 13.5. The molecule has 0 radical (unpaired) electrons. The van der Waals surface area contributed by atoms with Crippen molar-refractivity contribution >= 4 is 12.3 Å². The molecule has 102 valence electrons. The number of carbonyl (C=O) groups excluding carboxylic acids is 1. The zero-order chi connectivity index (χ0) is 12.4. The Kier molecular flexibility index (Phi) is 4.14. The van der Waals surface area contributed by atoms with E-state index < -0.39 is 6.04 Å². The van der Waals surface area contributed by atoms with E-state index in [1.54, 1.807) is 12.4 Å². The molecule has 0 aliphatic carbocycles. The van der Waals surface area contributed by atoms with Crippen LogP contribution in [0.25, 0.3) is 0 Å². The lowest BCUT2D eigenvalue weighted by Gasteiger charge is -2.22. The van der Waals surface area contributed by atoms with Crippen LogP contribution in [0.2, 0.25) is 0 Å². The van der Waals surface area contributed by atoms with Crippen molar-refractivity contribution in [3.05, 3.63) is 30.1 Å². The van der Waals surface area contributed by atoms with Crippen LogP contribution in [0, 0.1) is 0 Å². The summed E-state index contributed by atoms with van der Waals surface area (Å²) in [6.45, 7) is 1.68. The average molecular weight is 261 g/mol. The molecule has 5 nitrogen and oxygen atoms in total. The molecule has 0 N–H and O–H groups in total. The minimum absolute atomic E-state index is 0. The van der Waals surface area contributed by atoms with Gasteiger partial charge in [-0.1, -0.05) is 7.43 Å². The van der Waals surface area contributed by atoms with Gasteiger partial charge in [0.05, 0.1) is 0 Å². The molecule has 0 unspecified atom stereocenters. The molecule has 2 aliphatic rings. The van der Waals surface area contributed by atoms with Gasteiger partial charge < -0.3 is 9.64 Å². The standard InChI is InChI=1S/C13H15N3O2.CH4/c17-13(16-7-1-2-8-16)11-12(18-9-15-11)10-3-5-14-6-4-10;/h3-6,9,11-12H,1-2,7-8H2;1H4/t11-,12+;/m0./s1. The predicted molar refractivity (Wildman–Crippen MR) is 72.9 cm³/mol. The van der Waals surface area contributed by atoms with Gasteiger partial charge in [-0.15, -0.1) is 0 Å². The number of ether oxygens (including phenoxy) is 1. The summed E-state index contributed by atoms with van der Waals surface area (Å²) in [6, 6.07) is 3.29. The zero-order valence-corrected chi connectivity index (χ0v) is 10.0. The van der Waals surface area contributed by atoms with E-state index >= 15 is 0 Å². The monoisotopic (exact) mass is 261 g/mol. The van der Waals surface area contributed by atoms with Crippen LogP contribution in [0.4, 0.5) is 0 Å². The summed E-state index contributed by atoms with van der Waals surface area (Å²) in [5.74, 6) is 0.0723. The quantitative estimate of drug-likeness (QED) is 0.815. The van der Waals surface area contributed by atoms with Crippen LogP contribution < -0.4 is 0 Å². The van der Waals surface area contributed by atoms with Gasteiger partial charge in [0.1, 0.15) is 0 Å². The average Bonchev–Trinajstić information content (AvgIpc) is 3.10. The van der Waals surface area contributed by atoms with Crippen LogP contribution in [0.1, 0.15) is 31.9 Å². The van der Waals surface area contributed by atoms with Crippen molar-refractivity contribution < 1.29 is 9.53 Å². The maximum atomic E-state index is 12.3. The van der Waals surface area contributed by atoms with Crippen LogP contribution in [0.5, 0.6) is 0 Å². The van der Waals surface area contributed by atoms with Gasteiger partial charge in [-0.05, 0) is 30.5 Å². The second kappa shape index (κ2) is 5.82. The second-order valence-electron chi connectivity index (χ2n) is 4.57. The first-order chi connectivity index (χ1) is 8.86. The SMILES string of the molecule is C.O=C([C@H]1N=CO[C@@H]1c1ccncc1)N1CCCC1. The molecule has 3 rings (SSSR count). The van der Waals surface area contributed by atoms with Crippen molar-refractivity contribution in [3.8, 4) is 0 Å². The van der Waals surface area contributed by atoms with E-state index in [-0.39, 0.29) is 19.4 Å². The Morgan fingerprint density at radius 1 is 1.26 bits per heavy atom. The molecule has 1 fully saturated rings. The molecule has 0 saturated carbocycles. The molecule has 19 heavy (non-hydrogen) atoms. The topological polar surface area (TPSA) is 54.8 Å². The Morgan fingerprint density at radius 2 is 1.95 bits per heavy atom. The maximum Gasteiger partial charge on any atom is 0.251 e. The van der Waals surface area contributed by atoms with E-state index in [0.29, 0.717) is 0 Å². The summed E-state index contributed by atoms with van der Waals surface area (Å²) in [5, 5.41) is 0. The first-order valence-corrected chi connectivity index (χ1v) is 6.22. The van der Waals surface area contributed by atoms with Crippen molar-refractivity contribution in [2.75, 3.05) is 13.1 Å². The third kappa shape index (κ3) is 2.59. The molecule has 1 aromatic rings. The predicted octanol–water partition coefficient (Wildman–Crippen LogP) is 1.81. The van der Waals surface area contributed by atoms with E-state index in [1.807, 2.05) is 17.0 Å². The van der Waals surface area contributed by atoms with E-state index in [2.05, 4.69) is 9.98 Å². The highest BCUT2D eigenvalue weighted by Gasteiger charge is 2.37. The van der Waals surface area contributed by atoms with Crippen molar-refractivity contribution in [2.24, 2.45) is 4.99 Å². The van der Waals surface area contributed by atoms with Gasteiger partial charge in [0.15, 0.2) is 18.5 Å². The minimum Gasteiger partial charge on any atom is -0.473 e. The molecular formula is C14H19N3O2. The molecule has 3 heterocycles. The van der Waals surface area contributed by atoms with Gasteiger partial charge in [0, 0.05) is 25.5 Å². The number of hydrogen-bond acceptors (Lipinski definition) is 4. The van der Waals surface area contributed by atoms with Crippen molar-refractivity contribution in [1.29, 1.82) is 0 Å². The number of nitrogens with zero attached hydrogens (tertiary/aromatic N) is 3. The van der Waals surface area contributed by atoms with Gasteiger partial charge >= 0.3 is 0 Å². The molecule has 1 saturated heterocycles. The number of carbonyl (C=O) groups is 1. The number of aliphatic imine (C=N–C) groups is 1. The molecule has 0 spiro atoms. The summed E-state index contributed by atoms with van der Waals surface area (Å²) in [7, 11) is 0. The third-order valence-corrected chi connectivity index (χ3v) is 3.42. The van der Waals surface area contributed by atoms with E-state index in [1.165, 1.54) is 6.40 Å². The van der Waals surface area contributed by atoms with Gasteiger partial charge in [0.25, 0.3) is 5.91 Å². The highest BCUT2D eigenvalue weighted by atomic mass is 16.5. The van der Waals surface area contributed by atoms with Gasteiger partial charge in [0.2, 0.25) is 0 Å². The van der Waals surface area contributed by atoms with Gasteiger partial charge in [-0.2, -0.15) is 0 Å². The number of likely N-dealkylation sites (tertiary alicyclic amines) is 1. The van der Waals surface area contributed by atoms with Crippen LogP contribution in [0.3, 0.4) is 0 Å². The second-order valence-corrected chi connectivity index (χ2v) is 4.57. The van der Waals surface area contributed by atoms with Crippen LogP contribution >= 0.6 is 0 Å². The highest BCUT2D eigenvalue weighted by molar-refractivity contribution is 5.85.